The molecule has 0 aliphatic heterocycles. The van der Waals surface area contributed by atoms with Crippen LogP contribution < -0.4 is 0 Å². The highest BCUT2D eigenvalue weighted by Gasteiger charge is 2.25. The van der Waals surface area contributed by atoms with Gasteiger partial charge in [0.1, 0.15) is 0 Å². The fourth-order valence-electron chi connectivity index (χ4n) is 0.984. The number of azo groups is 1. The van der Waals surface area contributed by atoms with Crippen LogP contribution in [0.15, 0.2) is 10.2 Å². The molecule has 0 spiro atoms. The van der Waals surface area contributed by atoms with E-state index in [-0.39, 0.29) is 12.4 Å². The van der Waals surface area contributed by atoms with Crippen LogP contribution in [0.4, 0.5) is 0 Å². The van der Waals surface area contributed by atoms with Gasteiger partial charge in [-0.05, 0) is 27.7 Å². The molecule has 6 heteroatoms. The second-order valence-electron chi connectivity index (χ2n) is 4.51. The zero-order valence-electron chi connectivity index (χ0n) is 11.2. The largest absolute Gasteiger partial charge is 0.436 e. The second-order valence-corrected chi connectivity index (χ2v) is 4.51. The third kappa shape index (κ3) is 7.43. The van der Waals surface area contributed by atoms with Crippen molar-refractivity contribution in [2.24, 2.45) is 10.2 Å². The third-order valence-corrected chi connectivity index (χ3v) is 1.58. The molecular formula is C11H20N2O4. The molecule has 0 rings (SSSR count). The van der Waals surface area contributed by atoms with Crippen LogP contribution in [-0.4, -0.2) is 23.4 Å². The average molecular weight is 244 g/mol. The Balaban J connectivity index is 4.58. The molecule has 0 atom stereocenters. The van der Waals surface area contributed by atoms with Crippen LogP contribution in [0.1, 0.15) is 48.0 Å². The van der Waals surface area contributed by atoms with E-state index in [1.54, 1.807) is 34.6 Å². The van der Waals surface area contributed by atoms with Gasteiger partial charge in [0.2, 0.25) is 11.4 Å². The van der Waals surface area contributed by atoms with E-state index >= 15 is 0 Å². The lowest BCUT2D eigenvalue weighted by Crippen LogP contribution is -2.28. The normalized spacial score (nSPS) is 12.6. The molecule has 0 aromatic carbocycles. The molecule has 0 aromatic heterocycles. The lowest BCUT2D eigenvalue weighted by molar-refractivity contribution is -0.159. The van der Waals surface area contributed by atoms with Gasteiger partial charge in [0.05, 0.1) is 0 Å². The first-order valence-corrected chi connectivity index (χ1v) is 5.43. The summed E-state index contributed by atoms with van der Waals surface area (Å²) in [6, 6.07) is 0. The predicted octanol–water partition coefficient (Wildman–Crippen LogP) is 2.43. The summed E-state index contributed by atoms with van der Waals surface area (Å²) in [5.74, 6) is -0.809. The quantitative estimate of drug-likeness (QED) is 0.549. The van der Waals surface area contributed by atoms with Crippen molar-refractivity contribution in [3.05, 3.63) is 0 Å². The number of ether oxygens (including phenoxy) is 2. The zero-order chi connectivity index (χ0) is 13.7. The number of carbonyl (C=O) groups excluding carboxylic acids is 2. The maximum Gasteiger partial charge on any atom is 0.307 e. The van der Waals surface area contributed by atoms with Crippen molar-refractivity contribution in [3.8, 4) is 0 Å². The van der Waals surface area contributed by atoms with Gasteiger partial charge in [0.15, 0.2) is 0 Å². The molecule has 98 valence electrons. The lowest BCUT2D eigenvalue weighted by atomic mass is 10.3. The Morgan fingerprint density at radius 2 is 1.41 bits per heavy atom. The van der Waals surface area contributed by atoms with Gasteiger partial charge in [-0.25, -0.2) is 0 Å². The SMILES string of the molecule is CCC(=O)OC(C)(C)N=NC(C)(C)OC(C)=O. The van der Waals surface area contributed by atoms with E-state index in [0.717, 1.165) is 0 Å². The standard InChI is InChI=1S/C11H20N2O4/c1-7-9(15)17-11(5,6)13-12-10(3,4)16-8(2)14/h7H2,1-6H3. The first-order chi connectivity index (χ1) is 7.58. The van der Waals surface area contributed by atoms with Gasteiger partial charge >= 0.3 is 11.9 Å². The van der Waals surface area contributed by atoms with Crippen LogP contribution >= 0.6 is 0 Å². The van der Waals surface area contributed by atoms with E-state index in [1.807, 2.05) is 0 Å². The van der Waals surface area contributed by atoms with Gasteiger partial charge in [0.25, 0.3) is 0 Å². The van der Waals surface area contributed by atoms with Gasteiger partial charge in [-0.3, -0.25) is 9.59 Å². The van der Waals surface area contributed by atoms with Crippen molar-refractivity contribution in [1.82, 2.24) is 0 Å². The molecule has 0 saturated carbocycles. The molecule has 6 nitrogen and oxygen atoms in total. The van der Waals surface area contributed by atoms with E-state index in [1.165, 1.54) is 6.92 Å². The molecule has 0 heterocycles. The number of hydrogen-bond acceptors (Lipinski definition) is 6. The Hall–Kier alpha value is -1.46. The van der Waals surface area contributed by atoms with Crippen molar-refractivity contribution in [3.63, 3.8) is 0 Å². The minimum absolute atomic E-state index is 0.270. The van der Waals surface area contributed by atoms with Crippen LogP contribution in [-0.2, 0) is 19.1 Å². The van der Waals surface area contributed by atoms with Crippen molar-refractivity contribution in [2.75, 3.05) is 0 Å². The minimum atomic E-state index is -1.07. The van der Waals surface area contributed by atoms with Crippen molar-refractivity contribution in [2.45, 2.75) is 59.4 Å². The Labute approximate surface area is 101 Å². The first-order valence-electron chi connectivity index (χ1n) is 5.43. The summed E-state index contributed by atoms with van der Waals surface area (Å²) in [5, 5.41) is 7.73. The first kappa shape index (κ1) is 15.5. The number of hydrogen-bond donors (Lipinski definition) is 0. The van der Waals surface area contributed by atoms with Gasteiger partial charge in [-0.1, -0.05) is 6.92 Å². The van der Waals surface area contributed by atoms with Crippen LogP contribution in [0.5, 0.6) is 0 Å². The number of nitrogens with zero attached hydrogens (tertiary/aromatic N) is 2. The number of rotatable bonds is 5. The maximum absolute atomic E-state index is 11.1. The summed E-state index contributed by atoms with van der Waals surface area (Å²) < 4.78 is 9.97. The Morgan fingerprint density at radius 1 is 1.00 bits per heavy atom. The highest BCUT2D eigenvalue weighted by Crippen LogP contribution is 2.18. The molecule has 0 N–H and O–H groups in total. The van der Waals surface area contributed by atoms with Crippen LogP contribution in [0, 0.1) is 0 Å². The molecule has 0 aromatic rings. The topological polar surface area (TPSA) is 77.3 Å². The van der Waals surface area contributed by atoms with E-state index in [4.69, 9.17) is 9.47 Å². The van der Waals surface area contributed by atoms with Crippen LogP contribution in [0.25, 0.3) is 0 Å². The molecule has 0 saturated heterocycles. The molecule has 0 fully saturated rings. The fourth-order valence-corrected chi connectivity index (χ4v) is 0.984. The Morgan fingerprint density at radius 3 is 1.76 bits per heavy atom. The predicted molar refractivity (Wildman–Crippen MR) is 61.2 cm³/mol. The second kappa shape index (κ2) is 5.75. The van der Waals surface area contributed by atoms with Crippen LogP contribution in [0.2, 0.25) is 0 Å². The molecule has 0 aliphatic carbocycles. The van der Waals surface area contributed by atoms with E-state index in [9.17, 15) is 9.59 Å². The van der Waals surface area contributed by atoms with Gasteiger partial charge < -0.3 is 9.47 Å². The van der Waals surface area contributed by atoms with Gasteiger partial charge in [-0.2, -0.15) is 0 Å². The minimum Gasteiger partial charge on any atom is -0.436 e. The Bertz CT molecular complexity index is 321. The van der Waals surface area contributed by atoms with E-state index in [0.29, 0.717) is 0 Å². The summed E-state index contributed by atoms with van der Waals surface area (Å²) in [6.07, 6.45) is 0.270. The third-order valence-electron chi connectivity index (χ3n) is 1.58. The molecular weight excluding hydrogens is 224 g/mol. The lowest BCUT2D eigenvalue weighted by Gasteiger charge is -2.22. The van der Waals surface area contributed by atoms with Gasteiger partial charge in [-0.15, -0.1) is 10.2 Å². The number of carbonyl (C=O) groups is 2. The highest BCUT2D eigenvalue weighted by atomic mass is 16.6. The smallest absolute Gasteiger partial charge is 0.307 e. The number of esters is 2. The summed E-state index contributed by atoms with van der Waals surface area (Å²) in [6.45, 7) is 9.38. The monoisotopic (exact) mass is 244 g/mol. The molecule has 0 bridgehead atoms. The van der Waals surface area contributed by atoms with E-state index < -0.39 is 17.4 Å². The molecule has 0 amide bonds. The fraction of sp³-hybridized carbons (Fsp3) is 0.818. The summed E-state index contributed by atoms with van der Waals surface area (Å²) in [4.78, 5) is 21.9. The van der Waals surface area contributed by atoms with E-state index in [2.05, 4.69) is 10.2 Å². The van der Waals surface area contributed by atoms with Gasteiger partial charge in [0, 0.05) is 13.3 Å². The summed E-state index contributed by atoms with van der Waals surface area (Å²) >= 11 is 0. The highest BCUT2D eigenvalue weighted by molar-refractivity contribution is 5.69. The van der Waals surface area contributed by atoms with Crippen molar-refractivity contribution < 1.29 is 19.1 Å². The summed E-state index contributed by atoms with van der Waals surface area (Å²) in [7, 11) is 0. The molecule has 0 unspecified atom stereocenters. The summed E-state index contributed by atoms with van der Waals surface area (Å²) in [5.41, 5.74) is -2.13. The molecule has 0 radical (unpaired) electrons. The molecule has 0 aliphatic rings. The van der Waals surface area contributed by atoms with Crippen molar-refractivity contribution >= 4 is 11.9 Å². The van der Waals surface area contributed by atoms with Crippen LogP contribution in [0.3, 0.4) is 0 Å². The Kier molecular flexibility index (Phi) is 5.25. The molecule has 17 heavy (non-hydrogen) atoms. The average Bonchev–Trinajstić information content (AvgIpc) is 2.12. The van der Waals surface area contributed by atoms with Crippen molar-refractivity contribution in [1.29, 1.82) is 0 Å². The zero-order valence-corrected chi connectivity index (χ0v) is 11.2. The maximum atomic E-state index is 11.1.